The van der Waals surface area contributed by atoms with Crippen molar-refractivity contribution in [2.24, 2.45) is 11.8 Å². The van der Waals surface area contributed by atoms with Gasteiger partial charge in [0, 0.05) is 25.7 Å². The minimum Gasteiger partial charge on any atom is -0.462 e. The molecule has 0 aliphatic carbocycles. The van der Waals surface area contributed by atoms with Crippen LogP contribution in [0.15, 0.2) is 0 Å². The second-order valence-electron chi connectivity index (χ2n) is 26.8. The molecule has 0 saturated carbocycles. The maximum Gasteiger partial charge on any atom is 0.472 e. The number of aliphatic hydroxyl groups is 1. The molecule has 92 heavy (non-hydrogen) atoms. The highest BCUT2D eigenvalue weighted by Crippen LogP contribution is 2.45. The van der Waals surface area contributed by atoms with Crippen molar-refractivity contribution >= 4 is 39.5 Å². The van der Waals surface area contributed by atoms with E-state index in [2.05, 4.69) is 41.5 Å². The maximum atomic E-state index is 13.0. The van der Waals surface area contributed by atoms with Gasteiger partial charge in [-0.1, -0.05) is 324 Å². The number of carbonyl (C=O) groups is 4. The zero-order valence-electron chi connectivity index (χ0n) is 59.9. The Bertz CT molecular complexity index is 1790. The first kappa shape index (κ1) is 90.1. The van der Waals surface area contributed by atoms with E-state index in [4.69, 9.17) is 37.0 Å². The molecule has 546 valence electrons. The fourth-order valence-corrected chi connectivity index (χ4v) is 12.6. The average Bonchev–Trinajstić information content (AvgIpc) is 1.98. The van der Waals surface area contributed by atoms with Gasteiger partial charge in [-0.2, -0.15) is 0 Å². The Balaban J connectivity index is 5.20. The summed E-state index contributed by atoms with van der Waals surface area (Å²) in [7, 11) is -9.90. The molecule has 0 aromatic carbocycles. The summed E-state index contributed by atoms with van der Waals surface area (Å²) in [6, 6.07) is 0. The molecule has 3 N–H and O–H groups in total. The predicted octanol–water partition coefficient (Wildman–Crippen LogP) is 21.2. The molecule has 0 bridgehead atoms. The Morgan fingerprint density at radius 3 is 0.772 bits per heavy atom. The van der Waals surface area contributed by atoms with Gasteiger partial charge in [-0.25, -0.2) is 9.13 Å². The van der Waals surface area contributed by atoms with E-state index in [-0.39, 0.29) is 25.7 Å². The van der Waals surface area contributed by atoms with Crippen LogP contribution in [0.5, 0.6) is 0 Å². The lowest BCUT2D eigenvalue weighted by Crippen LogP contribution is -2.30. The van der Waals surface area contributed by atoms with Crippen molar-refractivity contribution in [3.05, 3.63) is 0 Å². The molecule has 7 atom stereocenters. The first-order valence-electron chi connectivity index (χ1n) is 38.1. The van der Waals surface area contributed by atoms with Gasteiger partial charge in [0.25, 0.3) is 0 Å². The molecule has 0 saturated heterocycles. The van der Waals surface area contributed by atoms with Crippen LogP contribution in [0.25, 0.3) is 0 Å². The number of phosphoric acid groups is 2. The first-order valence-corrected chi connectivity index (χ1v) is 41.1. The molecule has 0 rings (SSSR count). The van der Waals surface area contributed by atoms with Crippen LogP contribution < -0.4 is 0 Å². The normalized spacial score (nSPS) is 14.7. The second kappa shape index (κ2) is 65.0. The molecule has 0 aliphatic heterocycles. The van der Waals surface area contributed by atoms with E-state index in [0.717, 1.165) is 108 Å². The van der Waals surface area contributed by atoms with E-state index in [1.807, 2.05) is 0 Å². The standard InChI is InChI=1S/C73H142O17P2/c1-7-11-13-15-17-19-21-23-24-25-26-27-28-29-30-32-34-36-45-51-57-72(77)89-68(61-83-70(75)55-49-43-35-33-31-22-20-18-16-14-12-8-2)63-87-91(79,80)85-59-67(74)60-86-92(81,82)88-64-69(90-73(78)58-52-46-40-38-42-48-54-66(6)10-4)62-84-71(76)56-50-44-39-37-41-47-53-65(5)9-3/h65-69,74H,7-64H2,1-6H3,(H,79,80)(H,81,82)/t65?,66?,67-,68-,69-/m1/s1. The second-order valence-corrected chi connectivity index (χ2v) is 29.7. The highest BCUT2D eigenvalue weighted by Gasteiger charge is 2.30. The van der Waals surface area contributed by atoms with Crippen LogP contribution in [0.2, 0.25) is 0 Å². The fraction of sp³-hybridized carbons (Fsp3) is 0.945. The smallest absolute Gasteiger partial charge is 0.462 e. The van der Waals surface area contributed by atoms with Gasteiger partial charge in [0.2, 0.25) is 0 Å². The highest BCUT2D eigenvalue weighted by atomic mass is 31.2. The maximum absolute atomic E-state index is 13.0. The molecule has 19 heteroatoms. The Hall–Kier alpha value is -1.94. The van der Waals surface area contributed by atoms with Crippen molar-refractivity contribution in [1.82, 2.24) is 0 Å². The lowest BCUT2D eigenvalue weighted by molar-refractivity contribution is -0.161. The van der Waals surface area contributed by atoms with Gasteiger partial charge in [-0.3, -0.25) is 37.3 Å². The Morgan fingerprint density at radius 1 is 0.304 bits per heavy atom. The topological polar surface area (TPSA) is 237 Å². The largest absolute Gasteiger partial charge is 0.472 e. The molecule has 0 spiro atoms. The Labute approximate surface area is 562 Å². The van der Waals surface area contributed by atoms with Crippen molar-refractivity contribution in [1.29, 1.82) is 0 Å². The third-order valence-corrected chi connectivity index (χ3v) is 19.6. The summed E-state index contributed by atoms with van der Waals surface area (Å²) in [4.78, 5) is 72.6. The van der Waals surface area contributed by atoms with E-state index < -0.39 is 97.5 Å². The van der Waals surface area contributed by atoms with Gasteiger partial charge in [-0.15, -0.1) is 0 Å². The number of hydrogen-bond donors (Lipinski definition) is 3. The summed E-state index contributed by atoms with van der Waals surface area (Å²) in [5.74, 6) is -0.674. The number of aliphatic hydroxyl groups excluding tert-OH is 1. The van der Waals surface area contributed by atoms with Crippen LogP contribution in [0.3, 0.4) is 0 Å². The molecule has 0 amide bonds. The number of hydrogen-bond acceptors (Lipinski definition) is 15. The number of phosphoric ester groups is 2. The summed E-state index contributed by atoms with van der Waals surface area (Å²) in [5.41, 5.74) is 0. The molecular weight excluding hydrogens is 1210 g/mol. The lowest BCUT2D eigenvalue weighted by Gasteiger charge is -2.21. The van der Waals surface area contributed by atoms with Crippen LogP contribution in [-0.4, -0.2) is 96.7 Å². The van der Waals surface area contributed by atoms with E-state index >= 15 is 0 Å². The van der Waals surface area contributed by atoms with E-state index in [1.54, 1.807) is 0 Å². The van der Waals surface area contributed by atoms with E-state index in [0.29, 0.717) is 25.7 Å². The molecule has 0 aromatic heterocycles. The molecule has 0 heterocycles. The summed E-state index contributed by atoms with van der Waals surface area (Å²) in [6.07, 6.45) is 51.5. The van der Waals surface area contributed by atoms with Gasteiger partial charge in [0.15, 0.2) is 12.2 Å². The molecule has 17 nitrogen and oxygen atoms in total. The average molecular weight is 1350 g/mol. The number of carbonyl (C=O) groups excluding carboxylic acids is 4. The molecule has 0 aromatic rings. The van der Waals surface area contributed by atoms with E-state index in [9.17, 15) is 43.2 Å². The van der Waals surface area contributed by atoms with Crippen molar-refractivity contribution < 1.29 is 80.2 Å². The van der Waals surface area contributed by atoms with Gasteiger partial charge < -0.3 is 33.8 Å². The van der Waals surface area contributed by atoms with Crippen LogP contribution in [-0.2, 0) is 65.4 Å². The van der Waals surface area contributed by atoms with Crippen molar-refractivity contribution in [2.45, 2.75) is 394 Å². The number of rotatable bonds is 72. The minimum absolute atomic E-state index is 0.102. The van der Waals surface area contributed by atoms with Gasteiger partial charge in [0.1, 0.15) is 19.3 Å². The SMILES string of the molecule is CCCCCCCCCCCCCCCCCCCCCCC(=O)O[C@H](COC(=O)CCCCCCCCCCCCCC)COP(=O)(O)OC[C@@H](O)COP(=O)(O)OC[C@@H](COC(=O)CCCCCCCCC(C)CC)OC(=O)CCCCCCCCC(C)CC. The quantitative estimate of drug-likeness (QED) is 0.0222. The van der Waals surface area contributed by atoms with Crippen LogP contribution in [0.1, 0.15) is 375 Å². The third-order valence-electron chi connectivity index (χ3n) is 17.7. The first-order chi connectivity index (χ1) is 44.4. The summed E-state index contributed by atoms with van der Waals surface area (Å²) < 4.78 is 68.3. The molecule has 0 fully saturated rings. The van der Waals surface area contributed by atoms with Gasteiger partial charge in [-0.05, 0) is 37.5 Å². The van der Waals surface area contributed by atoms with Crippen molar-refractivity contribution in [3.8, 4) is 0 Å². The monoisotopic (exact) mass is 1350 g/mol. The summed E-state index contributed by atoms with van der Waals surface area (Å²) in [6.45, 7) is 9.48. The van der Waals surface area contributed by atoms with Crippen LogP contribution >= 0.6 is 15.6 Å². The number of ether oxygens (including phenoxy) is 4. The third kappa shape index (κ3) is 64.1. The zero-order chi connectivity index (χ0) is 67.9. The zero-order valence-corrected chi connectivity index (χ0v) is 61.6. The molecular formula is C73H142O17P2. The van der Waals surface area contributed by atoms with Crippen LogP contribution in [0.4, 0.5) is 0 Å². The molecule has 4 unspecified atom stereocenters. The molecule has 0 radical (unpaired) electrons. The fourth-order valence-electron chi connectivity index (χ4n) is 11.1. The summed E-state index contributed by atoms with van der Waals surface area (Å²) >= 11 is 0. The summed E-state index contributed by atoms with van der Waals surface area (Å²) in [5, 5.41) is 10.6. The Kier molecular flexibility index (Phi) is 63.7. The molecule has 0 aliphatic rings. The number of unbranched alkanes of at least 4 members (excludes halogenated alkanes) is 40. The van der Waals surface area contributed by atoms with Crippen molar-refractivity contribution in [3.63, 3.8) is 0 Å². The minimum atomic E-state index is -4.95. The van der Waals surface area contributed by atoms with Gasteiger partial charge in [0.05, 0.1) is 26.4 Å². The Morgan fingerprint density at radius 2 is 0.522 bits per heavy atom. The van der Waals surface area contributed by atoms with Crippen LogP contribution in [0, 0.1) is 11.8 Å². The van der Waals surface area contributed by atoms with Gasteiger partial charge >= 0.3 is 39.5 Å². The van der Waals surface area contributed by atoms with Crippen molar-refractivity contribution in [2.75, 3.05) is 39.6 Å². The lowest BCUT2D eigenvalue weighted by atomic mass is 10.00. The highest BCUT2D eigenvalue weighted by molar-refractivity contribution is 7.47. The number of esters is 4. The van der Waals surface area contributed by atoms with E-state index in [1.165, 1.54) is 186 Å². The predicted molar refractivity (Wildman–Crippen MR) is 372 cm³/mol.